The molecule has 0 aromatic heterocycles. The standard InChI is InChI=1S/C33H47N4O3P/c1-22(2)30(31(34)36(6)33(4,20-29(38)41)32(39)37-18-12-7-13-19-37)35(5)23(3)40-21-28-26-16-10-8-14-24(26)25-15-9-11-17-27(25)28/h8,10-11,14,16-17,22,28,30,34H,3,7,9,12-13,15,18-21,41H2,1-2,4-6H3/t28?,30?,33-/m0/s1. The number of fused-ring (bicyclic) bond motifs is 2. The van der Waals surface area contributed by atoms with Crippen molar-refractivity contribution in [3.05, 3.63) is 65.6 Å². The number of carbonyl (C=O) groups excluding carboxylic acids is 2. The number of amides is 1. The van der Waals surface area contributed by atoms with Crippen molar-refractivity contribution < 1.29 is 14.3 Å². The van der Waals surface area contributed by atoms with Gasteiger partial charge >= 0.3 is 0 Å². The Labute approximate surface area is 248 Å². The lowest BCUT2D eigenvalue weighted by molar-refractivity contribution is -0.143. The summed E-state index contributed by atoms with van der Waals surface area (Å²) in [6, 6.07) is 8.18. The third-order valence-electron chi connectivity index (χ3n) is 9.11. The van der Waals surface area contributed by atoms with Crippen LogP contribution in [-0.4, -0.2) is 77.3 Å². The minimum absolute atomic E-state index is 0.0178. The summed E-state index contributed by atoms with van der Waals surface area (Å²) >= 11 is 0. The molecule has 1 aromatic rings. The Hall–Kier alpha value is -2.92. The molecular weight excluding hydrogens is 531 g/mol. The predicted molar refractivity (Wildman–Crippen MR) is 170 cm³/mol. The zero-order valence-corrected chi connectivity index (χ0v) is 26.6. The van der Waals surface area contributed by atoms with E-state index in [2.05, 4.69) is 66.1 Å². The molecule has 4 rings (SSSR count). The number of rotatable bonds is 11. The molecule has 4 atom stereocenters. The van der Waals surface area contributed by atoms with E-state index in [1.807, 2.05) is 16.8 Å². The van der Waals surface area contributed by atoms with Crippen LogP contribution in [0.4, 0.5) is 0 Å². The first-order chi connectivity index (χ1) is 19.5. The number of likely N-dealkylation sites (N-methyl/N-ethyl adjacent to an activating group) is 2. The maximum atomic E-state index is 13.8. The molecule has 0 bridgehead atoms. The molecule has 1 N–H and O–H groups in total. The Balaban J connectivity index is 1.51. The highest BCUT2D eigenvalue weighted by molar-refractivity contribution is 7.40. The molecule has 0 spiro atoms. The Morgan fingerprint density at radius 2 is 1.88 bits per heavy atom. The van der Waals surface area contributed by atoms with E-state index in [-0.39, 0.29) is 35.5 Å². The van der Waals surface area contributed by atoms with Crippen LogP contribution < -0.4 is 0 Å². The van der Waals surface area contributed by atoms with Crippen molar-refractivity contribution in [1.82, 2.24) is 14.7 Å². The van der Waals surface area contributed by atoms with E-state index in [1.54, 1.807) is 18.9 Å². The molecule has 0 radical (unpaired) electrons. The molecule has 0 saturated carbocycles. The van der Waals surface area contributed by atoms with E-state index in [9.17, 15) is 15.0 Å². The van der Waals surface area contributed by atoms with E-state index >= 15 is 0 Å². The van der Waals surface area contributed by atoms with Crippen molar-refractivity contribution in [2.75, 3.05) is 33.8 Å². The molecule has 1 amide bonds. The minimum Gasteiger partial charge on any atom is -0.478 e. The molecule has 8 heteroatoms. The molecule has 1 heterocycles. The Morgan fingerprint density at radius 3 is 2.54 bits per heavy atom. The SMILES string of the molecule is C=C(OCC1C2=C(CCC=C2)c2ccccc21)N(C)C(C(=N)N(C)[C@@](C)(CC(=O)P)C(=O)N1CCCCC1)C(C)C. The number of carbonyl (C=O) groups is 2. The number of benzene rings is 1. The van der Waals surface area contributed by atoms with Gasteiger partial charge in [-0.1, -0.05) is 59.5 Å². The van der Waals surface area contributed by atoms with Gasteiger partial charge < -0.3 is 19.4 Å². The maximum absolute atomic E-state index is 13.8. The molecule has 7 nitrogen and oxygen atoms in total. The van der Waals surface area contributed by atoms with Crippen molar-refractivity contribution in [3.63, 3.8) is 0 Å². The summed E-state index contributed by atoms with van der Waals surface area (Å²) < 4.78 is 6.36. The fourth-order valence-electron chi connectivity index (χ4n) is 6.68. The van der Waals surface area contributed by atoms with Crippen LogP contribution in [0, 0.1) is 11.3 Å². The van der Waals surface area contributed by atoms with Crippen LogP contribution in [0.15, 0.2) is 54.5 Å². The number of likely N-dealkylation sites (tertiary alicyclic amines) is 1. The lowest BCUT2D eigenvalue weighted by Crippen LogP contribution is -2.62. The second-order valence-electron chi connectivity index (χ2n) is 12.2. The van der Waals surface area contributed by atoms with Gasteiger partial charge in [-0.15, -0.1) is 0 Å². The van der Waals surface area contributed by atoms with Gasteiger partial charge in [0.25, 0.3) is 0 Å². The fourth-order valence-corrected chi connectivity index (χ4v) is 7.08. The van der Waals surface area contributed by atoms with Crippen LogP contribution in [-0.2, 0) is 14.3 Å². The second-order valence-corrected chi connectivity index (χ2v) is 12.9. The highest BCUT2D eigenvalue weighted by Gasteiger charge is 2.45. The number of nitrogens with zero attached hydrogens (tertiary/aromatic N) is 3. The van der Waals surface area contributed by atoms with Crippen LogP contribution in [0.1, 0.15) is 76.3 Å². The molecule has 2 aliphatic carbocycles. The fraction of sp³-hybridized carbons (Fsp3) is 0.545. The van der Waals surface area contributed by atoms with Crippen LogP contribution >= 0.6 is 9.24 Å². The highest BCUT2D eigenvalue weighted by atomic mass is 31.0. The summed E-state index contributed by atoms with van der Waals surface area (Å²) in [5, 5.41) is 9.31. The normalized spacial score (nSPS) is 20.2. The Morgan fingerprint density at radius 1 is 1.20 bits per heavy atom. The Kier molecular flexibility index (Phi) is 9.79. The van der Waals surface area contributed by atoms with Gasteiger partial charge in [0.1, 0.15) is 18.0 Å². The van der Waals surface area contributed by atoms with Gasteiger partial charge in [-0.2, -0.15) is 0 Å². The zero-order valence-electron chi connectivity index (χ0n) is 25.4. The first-order valence-corrected chi connectivity index (χ1v) is 15.5. The van der Waals surface area contributed by atoms with Gasteiger partial charge in [0.15, 0.2) is 11.4 Å². The van der Waals surface area contributed by atoms with E-state index in [4.69, 9.17) is 4.74 Å². The van der Waals surface area contributed by atoms with Crippen molar-refractivity contribution in [1.29, 1.82) is 5.41 Å². The summed E-state index contributed by atoms with van der Waals surface area (Å²) in [6.07, 6.45) is 9.65. The number of hydrogen-bond acceptors (Lipinski definition) is 5. The van der Waals surface area contributed by atoms with E-state index in [0.717, 1.165) is 32.1 Å². The number of ether oxygens (including phenoxy) is 1. The average Bonchev–Trinajstić information content (AvgIpc) is 3.28. The van der Waals surface area contributed by atoms with E-state index in [1.165, 1.54) is 22.3 Å². The number of hydrogen-bond donors (Lipinski definition) is 1. The summed E-state index contributed by atoms with van der Waals surface area (Å²) in [5.41, 5.74) is 4.05. The van der Waals surface area contributed by atoms with Crippen LogP contribution in [0.25, 0.3) is 5.57 Å². The molecular formula is C33H47N4O3P. The first kappa shape index (κ1) is 31.0. The molecule has 3 aliphatic rings. The summed E-state index contributed by atoms with van der Waals surface area (Å²) in [6.45, 7) is 12.0. The second kappa shape index (κ2) is 12.9. The smallest absolute Gasteiger partial charge is 0.248 e. The molecule has 222 valence electrons. The number of piperidine rings is 1. The zero-order chi connectivity index (χ0) is 29.9. The topological polar surface area (TPSA) is 76.9 Å². The quantitative estimate of drug-likeness (QED) is 0.155. The lowest BCUT2D eigenvalue weighted by atomic mass is 9.90. The third-order valence-corrected chi connectivity index (χ3v) is 9.31. The van der Waals surface area contributed by atoms with Crippen molar-refractivity contribution in [3.8, 4) is 0 Å². The van der Waals surface area contributed by atoms with Gasteiger partial charge in [0.05, 0.1) is 6.04 Å². The molecule has 1 aliphatic heterocycles. The molecule has 1 fully saturated rings. The molecule has 1 saturated heterocycles. The largest absolute Gasteiger partial charge is 0.478 e. The van der Waals surface area contributed by atoms with Gasteiger partial charge in [-0.25, -0.2) is 0 Å². The number of nitrogens with one attached hydrogen (secondary N) is 1. The molecule has 1 aromatic carbocycles. The number of amidine groups is 1. The van der Waals surface area contributed by atoms with Gasteiger partial charge in [-0.3, -0.25) is 15.0 Å². The van der Waals surface area contributed by atoms with E-state index in [0.29, 0.717) is 25.6 Å². The highest BCUT2D eigenvalue weighted by Crippen LogP contribution is 2.46. The summed E-state index contributed by atoms with van der Waals surface area (Å²) in [7, 11) is 5.87. The molecule has 3 unspecified atom stereocenters. The van der Waals surface area contributed by atoms with Crippen LogP contribution in [0.5, 0.6) is 0 Å². The maximum Gasteiger partial charge on any atom is 0.248 e. The van der Waals surface area contributed by atoms with Gasteiger partial charge in [0, 0.05) is 39.5 Å². The monoisotopic (exact) mass is 578 g/mol. The van der Waals surface area contributed by atoms with Crippen molar-refractivity contribution in [2.24, 2.45) is 5.92 Å². The Bertz CT molecular complexity index is 1250. The van der Waals surface area contributed by atoms with Gasteiger partial charge in [-0.05, 0) is 73.8 Å². The third kappa shape index (κ3) is 6.30. The van der Waals surface area contributed by atoms with E-state index < -0.39 is 11.6 Å². The van der Waals surface area contributed by atoms with Crippen molar-refractivity contribution >= 4 is 32.1 Å². The van der Waals surface area contributed by atoms with Gasteiger partial charge in [0.2, 0.25) is 5.91 Å². The number of allylic oxidation sites excluding steroid dienone is 3. The summed E-state index contributed by atoms with van der Waals surface area (Å²) in [5.74, 6) is 0.822. The lowest BCUT2D eigenvalue weighted by Gasteiger charge is -2.46. The molecule has 41 heavy (non-hydrogen) atoms. The van der Waals surface area contributed by atoms with Crippen molar-refractivity contribution in [2.45, 2.75) is 76.8 Å². The van der Waals surface area contributed by atoms with Crippen LogP contribution in [0.3, 0.4) is 0 Å². The van der Waals surface area contributed by atoms with Crippen LogP contribution in [0.2, 0.25) is 0 Å². The first-order valence-electron chi connectivity index (χ1n) is 14.9. The predicted octanol–water partition coefficient (Wildman–Crippen LogP) is 5.80. The average molecular weight is 579 g/mol. The summed E-state index contributed by atoms with van der Waals surface area (Å²) in [4.78, 5) is 31.7. The minimum atomic E-state index is -1.16.